The first-order valence-electron chi connectivity index (χ1n) is 11.8. The fourth-order valence-corrected chi connectivity index (χ4v) is 4.90. The first kappa shape index (κ1) is 26.0. The summed E-state index contributed by atoms with van der Waals surface area (Å²) in [6.45, 7) is 10.6. The minimum Gasteiger partial charge on any atom is -0.461 e. The van der Waals surface area contributed by atoms with Crippen molar-refractivity contribution in [1.29, 1.82) is 0 Å². The van der Waals surface area contributed by atoms with Crippen molar-refractivity contribution in [2.75, 3.05) is 19.8 Å². The van der Waals surface area contributed by atoms with Crippen LogP contribution in [0.3, 0.4) is 0 Å². The number of amides is 1. The molecule has 34 heavy (non-hydrogen) atoms. The van der Waals surface area contributed by atoms with E-state index in [9.17, 15) is 14.4 Å². The first-order chi connectivity index (χ1) is 16.2. The normalized spacial score (nSPS) is 16.4. The molecule has 3 rings (SSSR count). The summed E-state index contributed by atoms with van der Waals surface area (Å²) < 4.78 is 12.8. The monoisotopic (exact) mass is 488 g/mol. The number of esters is 1. The smallest absolute Gasteiger partial charge is 0.355 e. The summed E-state index contributed by atoms with van der Waals surface area (Å²) in [5.74, 6) is -1.01. The van der Waals surface area contributed by atoms with Gasteiger partial charge < -0.3 is 18.9 Å². The molecule has 1 aromatic carbocycles. The Morgan fingerprint density at radius 2 is 1.94 bits per heavy atom. The summed E-state index contributed by atoms with van der Waals surface area (Å²) in [6.07, 6.45) is 1.60. The van der Waals surface area contributed by atoms with E-state index in [1.807, 2.05) is 13.8 Å². The van der Waals surface area contributed by atoms with Gasteiger partial charge in [0.05, 0.1) is 29.3 Å². The van der Waals surface area contributed by atoms with Gasteiger partial charge in [-0.1, -0.05) is 23.7 Å². The predicted molar refractivity (Wildman–Crippen MR) is 131 cm³/mol. The molecule has 2 unspecified atom stereocenters. The Morgan fingerprint density at radius 1 is 1.24 bits per heavy atom. The van der Waals surface area contributed by atoms with E-state index in [2.05, 4.69) is 0 Å². The molecule has 1 aromatic heterocycles. The minimum atomic E-state index is -0.784. The molecule has 0 saturated carbocycles. The van der Waals surface area contributed by atoms with Gasteiger partial charge in [-0.15, -0.1) is 0 Å². The van der Waals surface area contributed by atoms with E-state index >= 15 is 0 Å². The highest BCUT2D eigenvalue weighted by Gasteiger charge is 2.35. The zero-order valence-electron chi connectivity index (χ0n) is 20.5. The van der Waals surface area contributed by atoms with E-state index in [0.29, 0.717) is 46.3 Å². The summed E-state index contributed by atoms with van der Waals surface area (Å²) in [4.78, 5) is 41.6. The van der Waals surface area contributed by atoms with Crippen LogP contribution < -0.4 is 0 Å². The lowest BCUT2D eigenvalue weighted by Gasteiger charge is -2.31. The van der Waals surface area contributed by atoms with Gasteiger partial charge in [-0.05, 0) is 65.2 Å². The number of carbonyl (C=O) groups excluding carboxylic acids is 3. The maximum Gasteiger partial charge on any atom is 0.355 e. The Kier molecular flexibility index (Phi) is 8.55. The summed E-state index contributed by atoms with van der Waals surface area (Å²) in [5.41, 5.74) is 2.41. The number of halogens is 1. The maximum atomic E-state index is 13.9. The Balaban J connectivity index is 2.02. The fourth-order valence-electron chi connectivity index (χ4n) is 4.68. The molecule has 0 N–H and O–H groups in total. The molecule has 2 atom stereocenters. The van der Waals surface area contributed by atoms with Crippen LogP contribution in [0.15, 0.2) is 24.3 Å². The highest BCUT2D eigenvalue weighted by atomic mass is 35.5. The number of nitrogens with zero attached hydrogens (tertiary/aromatic N) is 2. The van der Waals surface area contributed by atoms with Crippen molar-refractivity contribution in [3.8, 4) is 0 Å². The Morgan fingerprint density at radius 3 is 2.53 bits per heavy atom. The molecule has 1 amide bonds. The quantitative estimate of drug-likeness (QED) is 0.372. The SMILES string of the molecule is CCOC(=O)c1c(C)c(C(=O)C(C)N(CC2CCCO2)C(=O)c2ccccc2Cl)c(C)n1CC. The number of hydrogen-bond donors (Lipinski definition) is 0. The van der Waals surface area contributed by atoms with Crippen molar-refractivity contribution >= 4 is 29.3 Å². The van der Waals surface area contributed by atoms with Gasteiger partial charge in [0.25, 0.3) is 5.91 Å². The van der Waals surface area contributed by atoms with Crippen molar-refractivity contribution in [3.05, 3.63) is 57.4 Å². The number of ketones is 1. The van der Waals surface area contributed by atoms with Gasteiger partial charge in [-0.25, -0.2) is 4.79 Å². The van der Waals surface area contributed by atoms with E-state index in [1.165, 1.54) is 0 Å². The molecule has 1 fully saturated rings. The molecule has 0 spiro atoms. The molecule has 1 saturated heterocycles. The number of Topliss-reactive ketones (excluding diaryl/α,β-unsaturated/α-hetero) is 1. The highest BCUT2D eigenvalue weighted by molar-refractivity contribution is 6.33. The van der Waals surface area contributed by atoms with Crippen LogP contribution in [-0.2, 0) is 16.0 Å². The standard InChI is InChI=1S/C26H33ClN2O5/c1-6-28-17(4)22(16(3)23(28)26(32)33-7-2)24(30)18(5)29(15-19-11-10-14-34-19)25(31)20-12-8-9-13-21(20)27/h8-9,12-13,18-19H,6-7,10-11,14-15H2,1-5H3. The number of aromatic nitrogens is 1. The Hall–Kier alpha value is -2.64. The van der Waals surface area contributed by atoms with Crippen LogP contribution in [-0.4, -0.2) is 59.0 Å². The van der Waals surface area contributed by atoms with Crippen LogP contribution in [0, 0.1) is 13.8 Å². The van der Waals surface area contributed by atoms with E-state index in [-0.39, 0.29) is 30.9 Å². The lowest BCUT2D eigenvalue weighted by Crippen LogP contribution is -2.47. The van der Waals surface area contributed by atoms with Crippen molar-refractivity contribution in [3.63, 3.8) is 0 Å². The number of rotatable bonds is 9. The number of carbonyl (C=O) groups is 3. The summed E-state index contributed by atoms with van der Waals surface area (Å²) in [7, 11) is 0. The van der Waals surface area contributed by atoms with Gasteiger partial charge in [0.15, 0.2) is 5.78 Å². The average molecular weight is 489 g/mol. The molecular formula is C26H33ClN2O5. The molecule has 1 aliphatic heterocycles. The van der Waals surface area contributed by atoms with E-state index in [4.69, 9.17) is 21.1 Å². The van der Waals surface area contributed by atoms with Gasteiger partial charge in [0, 0.05) is 31.0 Å². The van der Waals surface area contributed by atoms with E-state index < -0.39 is 12.0 Å². The maximum absolute atomic E-state index is 13.9. The third-order valence-electron chi connectivity index (χ3n) is 6.43. The second-order valence-electron chi connectivity index (χ2n) is 8.51. The molecule has 0 aliphatic carbocycles. The van der Waals surface area contributed by atoms with Gasteiger partial charge in [0.2, 0.25) is 0 Å². The predicted octanol–water partition coefficient (Wildman–Crippen LogP) is 4.85. The molecule has 2 heterocycles. The van der Waals surface area contributed by atoms with Crippen molar-refractivity contribution in [1.82, 2.24) is 9.47 Å². The van der Waals surface area contributed by atoms with Crippen LogP contribution in [0.1, 0.15) is 76.1 Å². The minimum absolute atomic E-state index is 0.140. The molecule has 1 aliphatic rings. The second kappa shape index (κ2) is 11.2. The highest BCUT2D eigenvalue weighted by Crippen LogP contribution is 2.28. The number of benzene rings is 1. The molecule has 0 radical (unpaired) electrons. The van der Waals surface area contributed by atoms with Crippen molar-refractivity contribution < 1.29 is 23.9 Å². The third kappa shape index (κ3) is 5.05. The van der Waals surface area contributed by atoms with Crippen molar-refractivity contribution in [2.45, 2.75) is 66.2 Å². The molecule has 8 heteroatoms. The zero-order chi connectivity index (χ0) is 25.0. The van der Waals surface area contributed by atoms with Crippen molar-refractivity contribution in [2.24, 2.45) is 0 Å². The third-order valence-corrected chi connectivity index (χ3v) is 6.76. The van der Waals surface area contributed by atoms with Crippen LogP contribution in [0.2, 0.25) is 5.02 Å². The molecule has 7 nitrogen and oxygen atoms in total. The molecule has 2 aromatic rings. The second-order valence-corrected chi connectivity index (χ2v) is 8.92. The Bertz CT molecular complexity index is 1070. The first-order valence-corrected chi connectivity index (χ1v) is 12.2. The lowest BCUT2D eigenvalue weighted by molar-refractivity contribution is 0.0410. The molecular weight excluding hydrogens is 456 g/mol. The number of hydrogen-bond acceptors (Lipinski definition) is 5. The molecule has 0 bridgehead atoms. The molecule has 184 valence electrons. The van der Waals surface area contributed by atoms with Crippen LogP contribution in [0.25, 0.3) is 0 Å². The van der Waals surface area contributed by atoms with Gasteiger partial charge in [-0.3, -0.25) is 9.59 Å². The largest absolute Gasteiger partial charge is 0.461 e. The summed E-state index contributed by atoms with van der Waals surface area (Å²) in [6, 6.07) is 6.04. The summed E-state index contributed by atoms with van der Waals surface area (Å²) >= 11 is 6.32. The number of ether oxygens (including phenoxy) is 2. The average Bonchev–Trinajstić information content (AvgIpc) is 3.41. The van der Waals surface area contributed by atoms with Crippen LogP contribution in [0.5, 0.6) is 0 Å². The Labute approximate surface area is 206 Å². The van der Waals surface area contributed by atoms with Gasteiger partial charge >= 0.3 is 5.97 Å². The summed E-state index contributed by atoms with van der Waals surface area (Å²) in [5, 5.41) is 0.332. The van der Waals surface area contributed by atoms with Gasteiger partial charge in [-0.2, -0.15) is 0 Å². The lowest BCUT2D eigenvalue weighted by atomic mass is 9.98. The zero-order valence-corrected chi connectivity index (χ0v) is 21.3. The van der Waals surface area contributed by atoms with Crippen LogP contribution >= 0.6 is 11.6 Å². The van der Waals surface area contributed by atoms with Crippen LogP contribution in [0.4, 0.5) is 0 Å². The van der Waals surface area contributed by atoms with E-state index in [0.717, 1.165) is 12.8 Å². The topological polar surface area (TPSA) is 77.8 Å². The van der Waals surface area contributed by atoms with E-state index in [1.54, 1.807) is 54.5 Å². The fraction of sp³-hybridized carbons (Fsp3) is 0.500. The van der Waals surface area contributed by atoms with Gasteiger partial charge in [0.1, 0.15) is 5.69 Å².